The second-order valence-corrected chi connectivity index (χ2v) is 6.47. The van der Waals surface area contributed by atoms with Gasteiger partial charge in [-0.1, -0.05) is 12.1 Å². The molecule has 1 amide bonds. The Bertz CT molecular complexity index is 1060. The number of carbonyl (C=O) groups is 1. The van der Waals surface area contributed by atoms with Crippen molar-refractivity contribution in [3.63, 3.8) is 0 Å². The van der Waals surface area contributed by atoms with Gasteiger partial charge in [-0.2, -0.15) is 16.3 Å². The molecule has 2 aromatic carbocycles. The number of anilines is 1. The lowest BCUT2D eigenvalue weighted by molar-refractivity contribution is -0.114. The van der Waals surface area contributed by atoms with Gasteiger partial charge in [-0.15, -0.1) is 0 Å². The Kier molecular flexibility index (Phi) is 4.33. The van der Waals surface area contributed by atoms with Crippen LogP contribution in [0.3, 0.4) is 0 Å². The van der Waals surface area contributed by atoms with Gasteiger partial charge in [0.25, 0.3) is 0 Å². The summed E-state index contributed by atoms with van der Waals surface area (Å²) >= 11 is 1.60. The van der Waals surface area contributed by atoms with Crippen molar-refractivity contribution >= 4 is 33.8 Å². The maximum Gasteiger partial charge on any atom is 0.230 e. The van der Waals surface area contributed by atoms with Crippen molar-refractivity contribution in [3.05, 3.63) is 65.4 Å². The molecular weight excluding hydrogens is 346 g/mol. The predicted octanol–water partition coefficient (Wildman–Crippen LogP) is 5.11. The SMILES string of the molecule is CC(=O)Nc1ccc(Oc2nc(-c3ccsc3)nc3ccccc23)cc1. The van der Waals surface area contributed by atoms with E-state index in [1.165, 1.54) is 6.92 Å². The van der Waals surface area contributed by atoms with Gasteiger partial charge < -0.3 is 10.1 Å². The van der Waals surface area contributed by atoms with Crippen LogP contribution in [0.5, 0.6) is 11.6 Å². The number of hydrogen-bond acceptors (Lipinski definition) is 5. The molecule has 128 valence electrons. The number of benzene rings is 2. The molecule has 0 unspecified atom stereocenters. The fraction of sp³-hybridized carbons (Fsp3) is 0.0500. The molecule has 2 heterocycles. The summed E-state index contributed by atoms with van der Waals surface area (Å²) in [6.45, 7) is 1.48. The van der Waals surface area contributed by atoms with Crippen molar-refractivity contribution in [1.82, 2.24) is 9.97 Å². The fourth-order valence-electron chi connectivity index (χ4n) is 2.57. The number of carbonyl (C=O) groups excluding carboxylic acids is 1. The Morgan fingerprint density at radius 1 is 1.04 bits per heavy atom. The zero-order valence-corrected chi connectivity index (χ0v) is 14.8. The molecule has 0 bridgehead atoms. The number of aromatic nitrogens is 2. The minimum atomic E-state index is -0.110. The molecule has 0 spiro atoms. The van der Waals surface area contributed by atoms with Gasteiger partial charge in [0.05, 0.1) is 10.9 Å². The van der Waals surface area contributed by atoms with Gasteiger partial charge in [-0.3, -0.25) is 4.79 Å². The van der Waals surface area contributed by atoms with Gasteiger partial charge in [-0.05, 0) is 47.8 Å². The number of hydrogen-bond donors (Lipinski definition) is 1. The smallest absolute Gasteiger partial charge is 0.230 e. The molecule has 1 N–H and O–H groups in total. The molecular formula is C20H15N3O2S. The molecule has 6 heteroatoms. The minimum Gasteiger partial charge on any atom is -0.438 e. The van der Waals surface area contributed by atoms with E-state index in [2.05, 4.69) is 15.3 Å². The quantitative estimate of drug-likeness (QED) is 0.549. The Balaban J connectivity index is 1.72. The van der Waals surface area contributed by atoms with Crippen LogP contribution in [0.1, 0.15) is 6.92 Å². The van der Waals surface area contributed by atoms with Crippen LogP contribution in [-0.2, 0) is 4.79 Å². The van der Waals surface area contributed by atoms with E-state index in [9.17, 15) is 4.79 Å². The zero-order chi connectivity index (χ0) is 17.9. The van der Waals surface area contributed by atoms with Gasteiger partial charge in [0.1, 0.15) is 5.75 Å². The Hall–Kier alpha value is -3.25. The topological polar surface area (TPSA) is 64.1 Å². The highest BCUT2D eigenvalue weighted by molar-refractivity contribution is 7.08. The van der Waals surface area contributed by atoms with Crippen molar-refractivity contribution in [3.8, 4) is 23.0 Å². The van der Waals surface area contributed by atoms with Crippen molar-refractivity contribution < 1.29 is 9.53 Å². The molecule has 0 aliphatic rings. The maximum atomic E-state index is 11.1. The number of rotatable bonds is 4. The highest BCUT2D eigenvalue weighted by Gasteiger charge is 2.11. The number of nitrogens with one attached hydrogen (secondary N) is 1. The number of ether oxygens (including phenoxy) is 1. The summed E-state index contributed by atoms with van der Waals surface area (Å²) in [5.41, 5.74) is 2.51. The second-order valence-electron chi connectivity index (χ2n) is 5.69. The van der Waals surface area contributed by atoms with Gasteiger partial charge in [0, 0.05) is 23.6 Å². The lowest BCUT2D eigenvalue weighted by atomic mass is 10.2. The van der Waals surface area contributed by atoms with Crippen molar-refractivity contribution in [1.29, 1.82) is 0 Å². The summed E-state index contributed by atoms with van der Waals surface area (Å²) in [5, 5.41) is 7.58. The van der Waals surface area contributed by atoms with Crippen LogP contribution in [0.15, 0.2) is 65.4 Å². The average Bonchev–Trinajstić information content (AvgIpc) is 3.17. The van der Waals surface area contributed by atoms with Crippen LogP contribution >= 0.6 is 11.3 Å². The standard InChI is InChI=1S/C20H15N3O2S/c1-13(24)21-15-6-8-16(9-7-15)25-20-17-4-2-3-5-18(17)22-19(23-20)14-10-11-26-12-14/h2-12H,1H3,(H,21,24). The molecule has 0 aliphatic heterocycles. The zero-order valence-electron chi connectivity index (χ0n) is 14.0. The van der Waals surface area contributed by atoms with E-state index in [0.29, 0.717) is 17.5 Å². The van der Waals surface area contributed by atoms with E-state index in [4.69, 9.17) is 4.74 Å². The number of thiophene rings is 1. The monoisotopic (exact) mass is 361 g/mol. The third-order valence-electron chi connectivity index (χ3n) is 3.74. The van der Waals surface area contributed by atoms with E-state index >= 15 is 0 Å². The molecule has 2 aromatic heterocycles. The fourth-order valence-corrected chi connectivity index (χ4v) is 3.20. The third kappa shape index (κ3) is 3.41. The lowest BCUT2D eigenvalue weighted by Gasteiger charge is -2.10. The van der Waals surface area contributed by atoms with E-state index in [0.717, 1.165) is 22.2 Å². The van der Waals surface area contributed by atoms with Gasteiger partial charge in [0.15, 0.2) is 5.82 Å². The largest absolute Gasteiger partial charge is 0.438 e. The van der Waals surface area contributed by atoms with E-state index in [-0.39, 0.29) is 5.91 Å². The Labute approximate surface area is 154 Å². The van der Waals surface area contributed by atoms with Crippen LogP contribution in [0.4, 0.5) is 5.69 Å². The van der Waals surface area contributed by atoms with Crippen LogP contribution in [-0.4, -0.2) is 15.9 Å². The highest BCUT2D eigenvalue weighted by Crippen LogP contribution is 2.31. The third-order valence-corrected chi connectivity index (χ3v) is 4.42. The molecule has 5 nitrogen and oxygen atoms in total. The van der Waals surface area contributed by atoms with E-state index < -0.39 is 0 Å². The van der Waals surface area contributed by atoms with Crippen LogP contribution < -0.4 is 10.1 Å². The number of amides is 1. The highest BCUT2D eigenvalue weighted by atomic mass is 32.1. The summed E-state index contributed by atoms with van der Waals surface area (Å²) in [6, 6.07) is 16.9. The summed E-state index contributed by atoms with van der Waals surface area (Å²) in [6.07, 6.45) is 0. The van der Waals surface area contributed by atoms with Crippen LogP contribution in [0.25, 0.3) is 22.3 Å². The molecule has 0 saturated heterocycles. The molecule has 0 fully saturated rings. The van der Waals surface area contributed by atoms with Crippen molar-refractivity contribution in [2.75, 3.05) is 5.32 Å². The van der Waals surface area contributed by atoms with Gasteiger partial charge in [-0.25, -0.2) is 4.98 Å². The summed E-state index contributed by atoms with van der Waals surface area (Å²) in [7, 11) is 0. The van der Waals surface area contributed by atoms with E-state index in [1.54, 1.807) is 35.6 Å². The number of fused-ring (bicyclic) bond motifs is 1. The first kappa shape index (κ1) is 16.2. The first-order valence-corrected chi connectivity index (χ1v) is 8.98. The maximum absolute atomic E-state index is 11.1. The Morgan fingerprint density at radius 2 is 1.85 bits per heavy atom. The molecule has 0 saturated carbocycles. The van der Waals surface area contributed by atoms with Crippen LogP contribution in [0, 0.1) is 0 Å². The number of para-hydroxylation sites is 1. The Morgan fingerprint density at radius 3 is 2.58 bits per heavy atom. The number of nitrogens with zero attached hydrogens (tertiary/aromatic N) is 2. The van der Waals surface area contributed by atoms with E-state index in [1.807, 2.05) is 41.1 Å². The normalized spacial score (nSPS) is 10.7. The molecule has 0 aliphatic carbocycles. The lowest BCUT2D eigenvalue weighted by Crippen LogP contribution is -2.05. The second kappa shape index (κ2) is 6.93. The molecule has 4 aromatic rings. The summed E-state index contributed by atoms with van der Waals surface area (Å²) in [4.78, 5) is 20.4. The van der Waals surface area contributed by atoms with Gasteiger partial charge in [0.2, 0.25) is 11.8 Å². The first-order valence-electron chi connectivity index (χ1n) is 8.04. The predicted molar refractivity (Wildman–Crippen MR) is 104 cm³/mol. The molecule has 4 rings (SSSR count). The molecule has 0 atom stereocenters. The van der Waals surface area contributed by atoms with Crippen molar-refractivity contribution in [2.24, 2.45) is 0 Å². The minimum absolute atomic E-state index is 0.110. The summed E-state index contributed by atoms with van der Waals surface area (Å²) < 4.78 is 6.03. The molecule has 0 radical (unpaired) electrons. The van der Waals surface area contributed by atoms with Gasteiger partial charge >= 0.3 is 0 Å². The summed E-state index contributed by atoms with van der Waals surface area (Å²) in [5.74, 6) is 1.67. The average molecular weight is 361 g/mol. The molecule has 26 heavy (non-hydrogen) atoms. The first-order chi connectivity index (χ1) is 12.7. The van der Waals surface area contributed by atoms with Crippen molar-refractivity contribution in [2.45, 2.75) is 6.92 Å². The van der Waals surface area contributed by atoms with Crippen LogP contribution in [0.2, 0.25) is 0 Å².